The zero-order valence-corrected chi connectivity index (χ0v) is 12.4. The summed E-state index contributed by atoms with van der Waals surface area (Å²) in [5.74, 6) is 0.171. The molecule has 1 rings (SSSR count). The quantitative estimate of drug-likeness (QED) is 0.777. The number of carbonyl (C=O) groups is 2. The predicted octanol–water partition coefficient (Wildman–Crippen LogP) is 0.845. The van der Waals surface area contributed by atoms with Crippen molar-refractivity contribution in [3.63, 3.8) is 0 Å². The second-order valence-electron chi connectivity index (χ2n) is 5.05. The first kappa shape index (κ1) is 16.0. The summed E-state index contributed by atoms with van der Waals surface area (Å²) in [6.45, 7) is 7.30. The van der Waals surface area contributed by atoms with Gasteiger partial charge in [-0.05, 0) is 39.8 Å². The summed E-state index contributed by atoms with van der Waals surface area (Å²) in [7, 11) is 1.86. The standard InChI is InChI=1S/C14H27N3O2/c1-4-17(5-2)14(19)7-6-13(18)16(3)12-8-10-15-11-9-12/h12,15H,4-11H2,1-3H3. The van der Waals surface area contributed by atoms with Crippen LogP contribution in [0.3, 0.4) is 0 Å². The van der Waals surface area contributed by atoms with Crippen molar-refractivity contribution in [2.75, 3.05) is 33.2 Å². The second-order valence-corrected chi connectivity index (χ2v) is 5.05. The van der Waals surface area contributed by atoms with Gasteiger partial charge in [0.2, 0.25) is 11.8 Å². The zero-order chi connectivity index (χ0) is 14.3. The van der Waals surface area contributed by atoms with Gasteiger partial charge in [-0.25, -0.2) is 0 Å². The molecule has 1 saturated heterocycles. The van der Waals surface area contributed by atoms with Crippen molar-refractivity contribution in [3.05, 3.63) is 0 Å². The van der Waals surface area contributed by atoms with Gasteiger partial charge in [-0.3, -0.25) is 9.59 Å². The van der Waals surface area contributed by atoms with E-state index in [1.54, 1.807) is 4.90 Å². The van der Waals surface area contributed by atoms with E-state index < -0.39 is 0 Å². The first-order valence-corrected chi connectivity index (χ1v) is 7.34. The van der Waals surface area contributed by atoms with Gasteiger partial charge in [-0.15, -0.1) is 0 Å². The Hall–Kier alpha value is -1.10. The molecule has 0 aromatic heterocycles. The highest BCUT2D eigenvalue weighted by Gasteiger charge is 2.22. The molecule has 0 aromatic rings. The van der Waals surface area contributed by atoms with E-state index in [-0.39, 0.29) is 11.8 Å². The number of carbonyl (C=O) groups excluding carboxylic acids is 2. The maximum Gasteiger partial charge on any atom is 0.223 e. The molecule has 0 radical (unpaired) electrons. The number of hydrogen-bond acceptors (Lipinski definition) is 3. The van der Waals surface area contributed by atoms with Crippen LogP contribution in [0, 0.1) is 0 Å². The van der Waals surface area contributed by atoms with Crippen LogP contribution < -0.4 is 5.32 Å². The molecule has 0 saturated carbocycles. The Kier molecular flexibility index (Phi) is 6.84. The summed E-state index contributed by atoms with van der Waals surface area (Å²) in [6, 6.07) is 0.331. The highest BCUT2D eigenvalue weighted by Crippen LogP contribution is 2.12. The Balaban J connectivity index is 2.35. The molecule has 1 aliphatic rings. The van der Waals surface area contributed by atoms with Crippen LogP contribution in [-0.4, -0.2) is 60.9 Å². The molecule has 19 heavy (non-hydrogen) atoms. The molecule has 1 fully saturated rings. The monoisotopic (exact) mass is 269 g/mol. The molecule has 2 amide bonds. The third-order valence-electron chi connectivity index (χ3n) is 3.92. The Bertz CT molecular complexity index is 297. The molecule has 5 heteroatoms. The highest BCUT2D eigenvalue weighted by atomic mass is 16.2. The van der Waals surface area contributed by atoms with Crippen molar-refractivity contribution in [2.24, 2.45) is 0 Å². The molecule has 0 unspecified atom stereocenters. The van der Waals surface area contributed by atoms with Crippen LogP contribution in [0.4, 0.5) is 0 Å². The Morgan fingerprint density at radius 3 is 2.11 bits per heavy atom. The largest absolute Gasteiger partial charge is 0.343 e. The second kappa shape index (κ2) is 8.15. The summed E-state index contributed by atoms with van der Waals surface area (Å²) in [4.78, 5) is 27.5. The fourth-order valence-electron chi connectivity index (χ4n) is 2.52. The van der Waals surface area contributed by atoms with E-state index in [0.717, 1.165) is 25.9 Å². The number of rotatable bonds is 6. The van der Waals surface area contributed by atoms with E-state index >= 15 is 0 Å². The van der Waals surface area contributed by atoms with E-state index in [4.69, 9.17) is 0 Å². The molecule has 0 aliphatic carbocycles. The number of hydrogen-bond donors (Lipinski definition) is 1. The molecule has 110 valence electrons. The molecule has 0 atom stereocenters. The fraction of sp³-hybridized carbons (Fsp3) is 0.857. The van der Waals surface area contributed by atoms with Gasteiger partial charge in [0.1, 0.15) is 0 Å². The number of piperidine rings is 1. The number of nitrogens with one attached hydrogen (secondary N) is 1. The molecule has 1 heterocycles. The third-order valence-corrected chi connectivity index (χ3v) is 3.92. The highest BCUT2D eigenvalue weighted by molar-refractivity contribution is 5.83. The van der Waals surface area contributed by atoms with Gasteiger partial charge in [0.25, 0.3) is 0 Å². The number of nitrogens with zero attached hydrogens (tertiary/aromatic N) is 2. The molecule has 5 nitrogen and oxygen atoms in total. The van der Waals surface area contributed by atoms with Gasteiger partial charge in [0.15, 0.2) is 0 Å². The van der Waals surface area contributed by atoms with Crippen LogP contribution in [-0.2, 0) is 9.59 Å². The van der Waals surface area contributed by atoms with E-state index in [2.05, 4.69) is 5.32 Å². The first-order chi connectivity index (χ1) is 9.10. The van der Waals surface area contributed by atoms with Gasteiger partial charge in [-0.2, -0.15) is 0 Å². The lowest BCUT2D eigenvalue weighted by atomic mass is 10.0. The molecule has 1 N–H and O–H groups in total. The van der Waals surface area contributed by atoms with Gasteiger partial charge >= 0.3 is 0 Å². The van der Waals surface area contributed by atoms with Crippen LogP contribution in [0.25, 0.3) is 0 Å². The van der Waals surface area contributed by atoms with E-state index in [1.165, 1.54) is 0 Å². The van der Waals surface area contributed by atoms with Crippen LogP contribution in [0.1, 0.15) is 39.5 Å². The average Bonchev–Trinajstić information content (AvgIpc) is 2.46. The lowest BCUT2D eigenvalue weighted by Gasteiger charge is -2.31. The van der Waals surface area contributed by atoms with E-state index in [0.29, 0.717) is 32.0 Å². The van der Waals surface area contributed by atoms with Gasteiger partial charge in [-0.1, -0.05) is 0 Å². The van der Waals surface area contributed by atoms with E-state index in [1.807, 2.05) is 25.8 Å². The molecule has 0 spiro atoms. The van der Waals surface area contributed by atoms with Crippen molar-refractivity contribution in [1.29, 1.82) is 0 Å². The molecule has 1 aliphatic heterocycles. The summed E-state index contributed by atoms with van der Waals surface area (Å²) in [6.07, 6.45) is 2.67. The van der Waals surface area contributed by atoms with Crippen LogP contribution in [0.15, 0.2) is 0 Å². The Morgan fingerprint density at radius 2 is 1.58 bits per heavy atom. The molecular weight excluding hydrogens is 242 g/mol. The number of amides is 2. The Morgan fingerprint density at radius 1 is 1.05 bits per heavy atom. The average molecular weight is 269 g/mol. The van der Waals surface area contributed by atoms with Gasteiger partial charge < -0.3 is 15.1 Å². The summed E-state index contributed by atoms with van der Waals surface area (Å²) < 4.78 is 0. The van der Waals surface area contributed by atoms with Crippen molar-refractivity contribution in [3.8, 4) is 0 Å². The molecule has 0 bridgehead atoms. The SMILES string of the molecule is CCN(CC)C(=O)CCC(=O)N(C)C1CCNCC1. The van der Waals surface area contributed by atoms with Gasteiger partial charge in [0, 0.05) is 39.0 Å². The molecule has 0 aromatic carbocycles. The van der Waals surface area contributed by atoms with Crippen molar-refractivity contribution >= 4 is 11.8 Å². The maximum atomic E-state index is 12.1. The predicted molar refractivity (Wildman–Crippen MR) is 75.8 cm³/mol. The summed E-state index contributed by atoms with van der Waals surface area (Å²) in [5, 5.41) is 3.29. The Labute approximate surface area is 116 Å². The van der Waals surface area contributed by atoms with Crippen molar-refractivity contribution in [1.82, 2.24) is 15.1 Å². The third kappa shape index (κ3) is 4.82. The first-order valence-electron chi connectivity index (χ1n) is 7.34. The van der Waals surface area contributed by atoms with Crippen LogP contribution >= 0.6 is 0 Å². The van der Waals surface area contributed by atoms with E-state index in [9.17, 15) is 9.59 Å². The van der Waals surface area contributed by atoms with Gasteiger partial charge in [0.05, 0.1) is 0 Å². The topological polar surface area (TPSA) is 52.7 Å². The molecular formula is C14H27N3O2. The minimum absolute atomic E-state index is 0.0806. The van der Waals surface area contributed by atoms with Crippen LogP contribution in [0.5, 0.6) is 0 Å². The lowest BCUT2D eigenvalue weighted by molar-refractivity contribution is -0.137. The lowest BCUT2D eigenvalue weighted by Crippen LogP contribution is -2.44. The maximum absolute atomic E-state index is 12.1. The van der Waals surface area contributed by atoms with Crippen molar-refractivity contribution in [2.45, 2.75) is 45.6 Å². The minimum Gasteiger partial charge on any atom is -0.343 e. The normalized spacial score (nSPS) is 16.2. The zero-order valence-electron chi connectivity index (χ0n) is 12.4. The van der Waals surface area contributed by atoms with Crippen molar-refractivity contribution < 1.29 is 9.59 Å². The summed E-state index contributed by atoms with van der Waals surface area (Å²) in [5.41, 5.74) is 0. The van der Waals surface area contributed by atoms with Crippen LogP contribution in [0.2, 0.25) is 0 Å². The fourth-order valence-corrected chi connectivity index (χ4v) is 2.52. The summed E-state index contributed by atoms with van der Waals surface area (Å²) >= 11 is 0. The minimum atomic E-state index is 0.0806. The smallest absolute Gasteiger partial charge is 0.223 e.